The van der Waals surface area contributed by atoms with Gasteiger partial charge in [0.1, 0.15) is 0 Å². The van der Waals surface area contributed by atoms with E-state index in [1.807, 2.05) is 0 Å². The van der Waals surface area contributed by atoms with Crippen molar-refractivity contribution in [2.24, 2.45) is 0 Å². The second-order valence-electron chi connectivity index (χ2n) is 0.973. The van der Waals surface area contributed by atoms with Crippen molar-refractivity contribution in [1.82, 2.24) is 0 Å². The van der Waals surface area contributed by atoms with E-state index in [1.165, 1.54) is 0 Å². The smallest absolute Gasteiger partial charge is 1.00 e. The predicted molar refractivity (Wildman–Crippen MR) is 14.5 cm³/mol. The molecular weight excluding hydrogens is 412 g/mol. The third-order valence-corrected chi connectivity index (χ3v) is 4.63. The topological polar surface area (TPSA) is 124 Å². The van der Waals surface area contributed by atoms with Crippen LogP contribution in [0.4, 0.5) is 0 Å². The second kappa shape index (κ2) is 5.02. The van der Waals surface area contributed by atoms with Crippen LogP contribution >= 0.6 is 7.82 Å². The van der Waals surface area contributed by atoms with E-state index < -0.39 is 24.6 Å². The minimum atomic E-state index is -6.44. The van der Waals surface area contributed by atoms with E-state index in [9.17, 15) is 15.1 Å². The zero-order valence-corrected chi connectivity index (χ0v) is 13.5. The number of hydrogen-bond donors (Lipinski definition) is 2. The summed E-state index contributed by atoms with van der Waals surface area (Å²) >= 11 is -6.44. The summed E-state index contributed by atoms with van der Waals surface area (Å²) in [5.41, 5.74) is 0. The van der Waals surface area contributed by atoms with Gasteiger partial charge in [-0.15, -0.1) is 0 Å². The Hall–Kier alpha value is 2.16. The average Bonchev–Trinajstić information content (AvgIpc) is 1.14. The predicted octanol–water partition coefficient (Wildman–Crippen LogP) is -4.87. The maximum atomic E-state index is 9.57. The van der Waals surface area contributed by atoms with Crippen molar-refractivity contribution in [2.75, 3.05) is 0 Å². The minimum absolute atomic E-state index is 0. The van der Waals surface area contributed by atoms with Crippen molar-refractivity contribution in [2.45, 2.75) is 0 Å². The van der Waals surface area contributed by atoms with Crippen molar-refractivity contribution in [3.8, 4) is 0 Å². The van der Waals surface area contributed by atoms with Gasteiger partial charge in [-0.2, -0.15) is 0 Å². The number of rotatable bonds is 2. The monoisotopic (exact) mass is 414 g/mol. The molecule has 56 valence electrons. The third kappa shape index (κ3) is 12.8. The summed E-state index contributed by atoms with van der Waals surface area (Å²) in [7, 11) is -5.13. The van der Waals surface area contributed by atoms with Crippen molar-refractivity contribution >= 4 is 7.82 Å². The number of phosphoric acid groups is 1. The molecule has 0 aliphatic rings. The zero-order valence-electron chi connectivity index (χ0n) is 4.79. The first kappa shape index (κ1) is 14.7. The van der Waals surface area contributed by atoms with Crippen LogP contribution in [0.15, 0.2) is 0 Å². The summed E-state index contributed by atoms with van der Waals surface area (Å²) in [6, 6.07) is 0. The van der Waals surface area contributed by atoms with E-state index >= 15 is 0 Å². The molecule has 0 aliphatic carbocycles. The quantitative estimate of drug-likeness (QED) is 0.435. The maximum absolute atomic E-state index is 9.57. The van der Waals surface area contributed by atoms with Gasteiger partial charge >= 0.3 is 111 Å². The van der Waals surface area contributed by atoms with Gasteiger partial charge in [0.05, 0.1) is 0 Å². The van der Waals surface area contributed by atoms with E-state index in [1.54, 1.807) is 0 Å². The van der Waals surface area contributed by atoms with Crippen LogP contribution in [0.1, 0.15) is 0 Å². The van der Waals surface area contributed by atoms with Crippen molar-refractivity contribution < 1.29 is 103 Å². The number of hydrogen-bond acceptors (Lipinski definition) is 5. The fourth-order valence-corrected chi connectivity index (χ4v) is 2.92. The van der Waals surface area contributed by atoms with Crippen LogP contribution in [0.2, 0.25) is 0 Å². The van der Waals surface area contributed by atoms with Crippen LogP contribution in [0.3, 0.4) is 0 Å². The molecule has 10 heavy (non-hydrogen) atoms. The molecule has 0 fully saturated rings. The SMILES string of the molecule is O=P(O)(O)[O][W](=[O])(=[O])[O-].[Rb+]. The molecule has 0 saturated carbocycles. The Labute approximate surface area is 109 Å². The van der Waals surface area contributed by atoms with Gasteiger partial charge < -0.3 is 0 Å². The molecule has 0 rings (SSSR count). The molecular formula is H2O7PRbW. The average molecular weight is 414 g/mol. The Morgan fingerprint density at radius 2 is 1.70 bits per heavy atom. The standard InChI is InChI=1S/H3O4P.3O.Rb.W/c1-5(2,3)4;;;;;/h(H3,1,2,3,4);;;;;/q;;;-1;2*+1/p-1. The largest absolute Gasteiger partial charge is 1.00 e. The Morgan fingerprint density at radius 3 is 1.70 bits per heavy atom. The minimum Gasteiger partial charge on any atom is 1.00 e. The molecule has 0 bridgehead atoms. The van der Waals surface area contributed by atoms with Gasteiger partial charge in [0, 0.05) is 0 Å². The Bertz CT molecular complexity index is 220. The van der Waals surface area contributed by atoms with Crippen LogP contribution in [0.5, 0.6) is 0 Å². The van der Waals surface area contributed by atoms with Gasteiger partial charge in [-0.3, -0.25) is 0 Å². The van der Waals surface area contributed by atoms with Crippen LogP contribution in [-0.4, -0.2) is 9.79 Å². The molecule has 0 atom stereocenters. The van der Waals surface area contributed by atoms with Gasteiger partial charge in [0.25, 0.3) is 0 Å². The van der Waals surface area contributed by atoms with E-state index in [0.717, 1.165) is 0 Å². The normalized spacial score (nSPS) is 12.3. The van der Waals surface area contributed by atoms with Gasteiger partial charge in [-0.1, -0.05) is 0 Å². The molecule has 0 saturated heterocycles. The van der Waals surface area contributed by atoms with Crippen LogP contribution in [-0.2, 0) is 31.3 Å². The summed E-state index contributed by atoms with van der Waals surface area (Å²) in [5, 5.41) is 0. The van der Waals surface area contributed by atoms with Crippen molar-refractivity contribution in [3.63, 3.8) is 0 Å². The fraction of sp³-hybridized carbons (Fsp3) is 0. The maximum Gasteiger partial charge on any atom is 1.00 e. The van der Waals surface area contributed by atoms with Gasteiger partial charge in [0.2, 0.25) is 0 Å². The molecule has 0 aromatic heterocycles. The van der Waals surface area contributed by atoms with Gasteiger partial charge in [-0.05, 0) is 0 Å². The molecule has 0 heterocycles. The van der Waals surface area contributed by atoms with Gasteiger partial charge in [-0.25, -0.2) is 0 Å². The summed E-state index contributed by atoms with van der Waals surface area (Å²) in [6.45, 7) is 0. The van der Waals surface area contributed by atoms with Crippen molar-refractivity contribution in [3.05, 3.63) is 0 Å². The van der Waals surface area contributed by atoms with E-state index in [2.05, 4.69) is 3.18 Å². The summed E-state index contributed by atoms with van der Waals surface area (Å²) in [6.07, 6.45) is 0. The van der Waals surface area contributed by atoms with Gasteiger partial charge in [0.15, 0.2) is 0 Å². The molecule has 0 aromatic carbocycles. The Balaban J connectivity index is 0. The molecule has 0 aromatic rings. The molecule has 0 unspecified atom stereocenters. The van der Waals surface area contributed by atoms with Crippen LogP contribution in [0, 0.1) is 0 Å². The zero-order chi connectivity index (χ0) is 7.71. The molecule has 0 radical (unpaired) electrons. The summed E-state index contributed by atoms with van der Waals surface area (Å²) < 4.78 is 40.9. The van der Waals surface area contributed by atoms with Crippen molar-refractivity contribution in [1.29, 1.82) is 0 Å². The Kier molecular flexibility index (Phi) is 7.36. The van der Waals surface area contributed by atoms with Crippen LogP contribution < -0.4 is 61.9 Å². The summed E-state index contributed by atoms with van der Waals surface area (Å²) in [4.78, 5) is 15.4. The first-order chi connectivity index (χ1) is 3.71. The third-order valence-electron chi connectivity index (χ3n) is 0.188. The fourth-order valence-electron chi connectivity index (χ4n) is 0.119. The molecule has 0 aliphatic heterocycles. The summed E-state index contributed by atoms with van der Waals surface area (Å²) in [5.74, 6) is 0. The molecule has 0 amide bonds. The first-order valence-electron chi connectivity index (χ1n) is 1.43. The second-order valence-corrected chi connectivity index (χ2v) is 6.64. The molecule has 2 N–H and O–H groups in total. The van der Waals surface area contributed by atoms with E-state index in [4.69, 9.17) is 9.79 Å². The molecule has 10 heteroatoms. The van der Waals surface area contributed by atoms with Crippen LogP contribution in [0.25, 0.3) is 0 Å². The first-order valence-corrected chi connectivity index (χ1v) is 7.75. The molecule has 7 nitrogen and oxygen atoms in total. The molecule has 0 spiro atoms. The Morgan fingerprint density at radius 1 is 1.40 bits per heavy atom. The van der Waals surface area contributed by atoms with E-state index in [0.29, 0.717) is 0 Å². The van der Waals surface area contributed by atoms with E-state index in [-0.39, 0.29) is 58.2 Å².